The summed E-state index contributed by atoms with van der Waals surface area (Å²) < 4.78 is 14.2. The molecule has 0 saturated carbocycles. The molecule has 1 fully saturated rings. The van der Waals surface area contributed by atoms with Crippen LogP contribution in [0.2, 0.25) is 0 Å². The molecule has 0 radical (unpaired) electrons. The molecule has 1 saturated heterocycles. The molecule has 0 aromatic heterocycles. The zero-order valence-corrected chi connectivity index (χ0v) is 11.7. The molecule has 0 aliphatic carbocycles. The molecule has 100 valence electrons. The fraction of sp³-hybridized carbons (Fsp3) is 0.600. The summed E-state index contributed by atoms with van der Waals surface area (Å²) >= 11 is 0. The van der Waals surface area contributed by atoms with Gasteiger partial charge < -0.3 is 10.2 Å². The second-order valence-corrected chi connectivity index (χ2v) is 5.53. The Bertz CT molecular complexity index is 419. The van der Waals surface area contributed by atoms with Crippen LogP contribution in [0.3, 0.4) is 0 Å². The molecule has 0 bridgehead atoms. The molecule has 0 amide bonds. The summed E-state index contributed by atoms with van der Waals surface area (Å²) in [5.74, 6) is 0.535. The van der Waals surface area contributed by atoms with Gasteiger partial charge in [0, 0.05) is 18.6 Å². The molecule has 18 heavy (non-hydrogen) atoms. The lowest BCUT2D eigenvalue weighted by Gasteiger charge is -2.29. The van der Waals surface area contributed by atoms with Gasteiger partial charge in [-0.3, -0.25) is 0 Å². The molecular weight excluding hydrogens is 227 g/mol. The third kappa shape index (κ3) is 2.37. The Morgan fingerprint density at radius 1 is 1.39 bits per heavy atom. The van der Waals surface area contributed by atoms with E-state index in [1.54, 1.807) is 12.1 Å². The summed E-state index contributed by atoms with van der Waals surface area (Å²) in [5, 5.41) is 3.21. The van der Waals surface area contributed by atoms with Gasteiger partial charge in [-0.1, -0.05) is 19.1 Å². The number of anilines is 1. The van der Waals surface area contributed by atoms with Gasteiger partial charge in [-0.25, -0.2) is 4.39 Å². The highest BCUT2D eigenvalue weighted by Crippen LogP contribution is 2.35. The second kappa shape index (κ2) is 5.27. The Kier molecular flexibility index (Phi) is 3.91. The van der Waals surface area contributed by atoms with Crippen LogP contribution in [0.1, 0.15) is 38.8 Å². The maximum atomic E-state index is 14.2. The number of hydrogen-bond donors (Lipinski definition) is 1. The van der Waals surface area contributed by atoms with Crippen molar-refractivity contribution in [1.29, 1.82) is 0 Å². The van der Waals surface area contributed by atoms with E-state index in [9.17, 15) is 4.39 Å². The third-order valence-corrected chi connectivity index (χ3v) is 3.99. The van der Waals surface area contributed by atoms with E-state index in [0.717, 1.165) is 24.2 Å². The predicted octanol–water partition coefficient (Wildman–Crippen LogP) is 3.34. The Balaban J connectivity index is 2.42. The van der Waals surface area contributed by atoms with E-state index in [2.05, 4.69) is 31.0 Å². The molecule has 1 aliphatic rings. The third-order valence-electron chi connectivity index (χ3n) is 3.99. The maximum Gasteiger partial charge on any atom is 0.146 e. The van der Waals surface area contributed by atoms with Crippen molar-refractivity contribution in [3.8, 4) is 0 Å². The van der Waals surface area contributed by atoms with Gasteiger partial charge in [0.1, 0.15) is 5.82 Å². The van der Waals surface area contributed by atoms with Crippen LogP contribution in [0, 0.1) is 11.7 Å². The summed E-state index contributed by atoms with van der Waals surface area (Å²) in [4.78, 5) is 2.23. The van der Waals surface area contributed by atoms with E-state index < -0.39 is 0 Å². The average molecular weight is 250 g/mol. The van der Waals surface area contributed by atoms with Crippen molar-refractivity contribution < 1.29 is 4.39 Å². The largest absolute Gasteiger partial charge is 0.366 e. The van der Waals surface area contributed by atoms with E-state index in [4.69, 9.17) is 0 Å². The van der Waals surface area contributed by atoms with Gasteiger partial charge in [-0.15, -0.1) is 0 Å². The van der Waals surface area contributed by atoms with Crippen LogP contribution in [0.15, 0.2) is 18.2 Å². The zero-order valence-electron chi connectivity index (χ0n) is 11.7. The van der Waals surface area contributed by atoms with E-state index in [0.29, 0.717) is 12.0 Å². The molecule has 1 heterocycles. The lowest BCUT2D eigenvalue weighted by molar-refractivity contribution is 0.593. The normalized spacial score (nSPS) is 25.5. The predicted molar refractivity (Wildman–Crippen MR) is 74.5 cm³/mol. The van der Waals surface area contributed by atoms with Crippen LogP contribution in [0.25, 0.3) is 0 Å². The fourth-order valence-electron chi connectivity index (χ4n) is 2.95. The summed E-state index contributed by atoms with van der Waals surface area (Å²) in [6, 6.07) is 5.97. The Labute approximate surface area is 109 Å². The quantitative estimate of drug-likeness (QED) is 0.885. The Morgan fingerprint density at radius 3 is 2.67 bits per heavy atom. The van der Waals surface area contributed by atoms with Crippen LogP contribution < -0.4 is 10.2 Å². The molecule has 1 N–H and O–H groups in total. The number of hydrogen-bond acceptors (Lipinski definition) is 2. The first-order valence-electron chi connectivity index (χ1n) is 6.77. The SMILES string of the molecule is CNC(C)c1cccc(F)c1N1CC(C)CC1C. The molecule has 1 aromatic rings. The van der Waals surface area contributed by atoms with Crippen molar-refractivity contribution in [2.75, 3.05) is 18.5 Å². The van der Waals surface area contributed by atoms with Gasteiger partial charge in [0.15, 0.2) is 0 Å². The van der Waals surface area contributed by atoms with Gasteiger partial charge in [0.05, 0.1) is 5.69 Å². The minimum absolute atomic E-state index is 0.101. The van der Waals surface area contributed by atoms with Gasteiger partial charge >= 0.3 is 0 Å². The first-order valence-corrected chi connectivity index (χ1v) is 6.77. The highest BCUT2D eigenvalue weighted by Gasteiger charge is 2.30. The van der Waals surface area contributed by atoms with E-state index in [1.165, 1.54) is 0 Å². The van der Waals surface area contributed by atoms with Gasteiger partial charge in [-0.05, 0) is 44.9 Å². The molecule has 3 unspecified atom stereocenters. The molecule has 1 aromatic carbocycles. The number of nitrogens with zero attached hydrogens (tertiary/aromatic N) is 1. The minimum atomic E-state index is -0.101. The fourth-order valence-corrected chi connectivity index (χ4v) is 2.95. The molecular formula is C15H23FN2. The molecule has 1 aliphatic heterocycles. The summed E-state index contributed by atoms with van der Waals surface area (Å²) in [6.07, 6.45) is 1.14. The van der Waals surface area contributed by atoms with Crippen LogP contribution >= 0.6 is 0 Å². The molecule has 0 spiro atoms. The average Bonchev–Trinajstić information content (AvgIpc) is 2.67. The standard InChI is InChI=1S/C15H23FN2/c1-10-8-11(2)18(9-10)15-13(12(3)17-4)6-5-7-14(15)16/h5-7,10-12,17H,8-9H2,1-4H3. The monoisotopic (exact) mass is 250 g/mol. The number of para-hydroxylation sites is 1. The van der Waals surface area contributed by atoms with E-state index >= 15 is 0 Å². The maximum absolute atomic E-state index is 14.2. The van der Waals surface area contributed by atoms with Crippen molar-refractivity contribution in [3.63, 3.8) is 0 Å². The van der Waals surface area contributed by atoms with Crippen molar-refractivity contribution in [1.82, 2.24) is 5.32 Å². The van der Waals surface area contributed by atoms with Crippen molar-refractivity contribution >= 4 is 5.69 Å². The lowest BCUT2D eigenvalue weighted by atomic mass is 10.0. The molecule has 2 rings (SSSR count). The zero-order chi connectivity index (χ0) is 13.3. The van der Waals surface area contributed by atoms with Crippen molar-refractivity contribution in [2.45, 2.75) is 39.3 Å². The van der Waals surface area contributed by atoms with Crippen molar-refractivity contribution in [3.05, 3.63) is 29.6 Å². The summed E-state index contributed by atoms with van der Waals surface area (Å²) in [5.41, 5.74) is 1.84. The van der Waals surface area contributed by atoms with Gasteiger partial charge in [-0.2, -0.15) is 0 Å². The highest BCUT2D eigenvalue weighted by molar-refractivity contribution is 5.57. The Morgan fingerprint density at radius 2 is 2.11 bits per heavy atom. The first-order chi connectivity index (χ1) is 8.54. The topological polar surface area (TPSA) is 15.3 Å². The minimum Gasteiger partial charge on any atom is -0.366 e. The van der Waals surface area contributed by atoms with Gasteiger partial charge in [0.25, 0.3) is 0 Å². The first kappa shape index (κ1) is 13.3. The Hall–Kier alpha value is -1.09. The lowest BCUT2D eigenvalue weighted by Crippen LogP contribution is -2.30. The van der Waals surface area contributed by atoms with E-state index in [-0.39, 0.29) is 11.9 Å². The van der Waals surface area contributed by atoms with Crippen LogP contribution in [0.4, 0.5) is 10.1 Å². The van der Waals surface area contributed by atoms with Crippen LogP contribution in [0.5, 0.6) is 0 Å². The molecule has 3 heteroatoms. The van der Waals surface area contributed by atoms with Crippen LogP contribution in [-0.2, 0) is 0 Å². The number of benzene rings is 1. The molecule has 2 nitrogen and oxygen atoms in total. The second-order valence-electron chi connectivity index (χ2n) is 5.53. The van der Waals surface area contributed by atoms with Crippen molar-refractivity contribution in [2.24, 2.45) is 5.92 Å². The van der Waals surface area contributed by atoms with Crippen LogP contribution in [-0.4, -0.2) is 19.6 Å². The number of nitrogens with one attached hydrogen (secondary N) is 1. The summed E-state index contributed by atoms with van der Waals surface area (Å²) in [6.45, 7) is 7.44. The smallest absolute Gasteiger partial charge is 0.146 e. The van der Waals surface area contributed by atoms with E-state index in [1.807, 2.05) is 13.1 Å². The molecule has 3 atom stereocenters. The summed E-state index contributed by atoms with van der Waals surface area (Å²) in [7, 11) is 1.91. The highest BCUT2D eigenvalue weighted by atomic mass is 19.1. The number of halogens is 1. The number of rotatable bonds is 3. The van der Waals surface area contributed by atoms with Gasteiger partial charge in [0.2, 0.25) is 0 Å².